The zero-order valence-corrected chi connectivity index (χ0v) is 11.5. The standard InChI is InChI=1S/C11H17ClN2O2S/c1-9-5-3-6-10(11(9)12)14-17(15,16)8-4-7-13-2/h3,5-6,13-14H,4,7-8H2,1-2H3. The van der Waals surface area contributed by atoms with E-state index in [2.05, 4.69) is 10.0 Å². The summed E-state index contributed by atoms with van der Waals surface area (Å²) in [4.78, 5) is 0. The van der Waals surface area contributed by atoms with E-state index >= 15 is 0 Å². The van der Waals surface area contributed by atoms with Crippen molar-refractivity contribution in [2.45, 2.75) is 13.3 Å². The van der Waals surface area contributed by atoms with Crippen LogP contribution in [0.2, 0.25) is 5.02 Å². The van der Waals surface area contributed by atoms with Crippen LogP contribution < -0.4 is 10.0 Å². The Labute approximate surface area is 107 Å². The van der Waals surface area contributed by atoms with Gasteiger partial charge in [-0.05, 0) is 38.6 Å². The smallest absolute Gasteiger partial charge is 0.232 e. The molecule has 0 aliphatic rings. The number of sulfonamides is 1. The monoisotopic (exact) mass is 276 g/mol. The van der Waals surface area contributed by atoms with Crippen LogP contribution in [-0.4, -0.2) is 27.8 Å². The molecule has 0 aliphatic carbocycles. The predicted molar refractivity (Wildman–Crippen MR) is 72.1 cm³/mol. The van der Waals surface area contributed by atoms with Crippen molar-refractivity contribution in [2.24, 2.45) is 0 Å². The predicted octanol–water partition coefficient (Wildman–Crippen LogP) is 2.00. The highest BCUT2D eigenvalue weighted by molar-refractivity contribution is 7.92. The summed E-state index contributed by atoms with van der Waals surface area (Å²) in [6.07, 6.45) is 0.565. The van der Waals surface area contributed by atoms with Gasteiger partial charge >= 0.3 is 0 Å². The third-order valence-electron chi connectivity index (χ3n) is 2.30. The van der Waals surface area contributed by atoms with Crippen molar-refractivity contribution in [1.82, 2.24) is 5.32 Å². The third kappa shape index (κ3) is 4.53. The van der Waals surface area contributed by atoms with E-state index < -0.39 is 10.0 Å². The first-order chi connectivity index (χ1) is 7.96. The minimum atomic E-state index is -3.32. The zero-order chi connectivity index (χ0) is 12.9. The van der Waals surface area contributed by atoms with E-state index in [-0.39, 0.29) is 5.75 Å². The number of rotatable bonds is 6. The van der Waals surface area contributed by atoms with Crippen molar-refractivity contribution in [3.63, 3.8) is 0 Å². The highest BCUT2D eigenvalue weighted by atomic mass is 35.5. The van der Waals surface area contributed by atoms with E-state index in [1.165, 1.54) is 0 Å². The maximum Gasteiger partial charge on any atom is 0.232 e. The Kier molecular flexibility index (Phi) is 5.24. The van der Waals surface area contributed by atoms with Crippen LogP contribution in [0.15, 0.2) is 18.2 Å². The van der Waals surface area contributed by atoms with Gasteiger partial charge in [0, 0.05) is 0 Å². The highest BCUT2D eigenvalue weighted by Gasteiger charge is 2.12. The molecule has 0 aliphatic heterocycles. The highest BCUT2D eigenvalue weighted by Crippen LogP contribution is 2.25. The summed E-state index contributed by atoms with van der Waals surface area (Å²) >= 11 is 6.02. The SMILES string of the molecule is CNCCCS(=O)(=O)Nc1cccc(C)c1Cl. The zero-order valence-electron chi connectivity index (χ0n) is 9.96. The molecule has 0 spiro atoms. The molecule has 1 rings (SSSR count). The van der Waals surface area contributed by atoms with Crippen LogP contribution in [0.5, 0.6) is 0 Å². The quantitative estimate of drug-likeness (QED) is 0.782. The van der Waals surface area contributed by atoms with Crippen LogP contribution in [-0.2, 0) is 10.0 Å². The molecule has 6 heteroatoms. The topological polar surface area (TPSA) is 58.2 Å². The Balaban J connectivity index is 2.73. The molecular formula is C11H17ClN2O2S. The Bertz CT molecular complexity index is 474. The largest absolute Gasteiger partial charge is 0.320 e. The minimum absolute atomic E-state index is 0.0815. The molecule has 1 aromatic rings. The van der Waals surface area contributed by atoms with Crippen LogP contribution in [0.25, 0.3) is 0 Å². The molecular weight excluding hydrogens is 260 g/mol. The van der Waals surface area contributed by atoms with Crippen molar-refractivity contribution < 1.29 is 8.42 Å². The molecule has 0 aromatic heterocycles. The minimum Gasteiger partial charge on any atom is -0.320 e. The lowest BCUT2D eigenvalue weighted by Crippen LogP contribution is -2.20. The summed E-state index contributed by atoms with van der Waals surface area (Å²) < 4.78 is 26.0. The molecule has 0 radical (unpaired) electrons. The Morgan fingerprint density at radius 1 is 1.35 bits per heavy atom. The summed E-state index contributed by atoms with van der Waals surface area (Å²) in [5.41, 5.74) is 1.29. The molecule has 0 saturated heterocycles. The van der Waals surface area contributed by atoms with Gasteiger partial charge in [-0.2, -0.15) is 0 Å². The van der Waals surface area contributed by atoms with Gasteiger partial charge in [-0.25, -0.2) is 8.42 Å². The summed E-state index contributed by atoms with van der Waals surface area (Å²) in [7, 11) is -1.53. The molecule has 0 saturated carbocycles. The van der Waals surface area contributed by atoms with E-state index in [1.54, 1.807) is 19.2 Å². The molecule has 0 bridgehead atoms. The van der Waals surface area contributed by atoms with Gasteiger partial charge in [-0.1, -0.05) is 23.7 Å². The van der Waals surface area contributed by atoms with Crippen LogP contribution in [0.1, 0.15) is 12.0 Å². The van der Waals surface area contributed by atoms with Gasteiger partial charge in [0.2, 0.25) is 10.0 Å². The third-order valence-corrected chi connectivity index (χ3v) is 4.16. The lowest BCUT2D eigenvalue weighted by molar-refractivity contribution is 0.597. The fourth-order valence-electron chi connectivity index (χ4n) is 1.38. The lowest BCUT2D eigenvalue weighted by Gasteiger charge is -2.10. The van der Waals surface area contributed by atoms with Gasteiger partial charge < -0.3 is 5.32 Å². The molecule has 0 amide bonds. The van der Waals surface area contributed by atoms with Crippen molar-refractivity contribution in [3.05, 3.63) is 28.8 Å². The van der Waals surface area contributed by atoms with Crippen molar-refractivity contribution in [3.8, 4) is 0 Å². The van der Waals surface area contributed by atoms with Crippen LogP contribution >= 0.6 is 11.6 Å². The molecule has 1 aromatic carbocycles. The second-order valence-corrected chi connectivity index (χ2v) is 6.03. The Morgan fingerprint density at radius 2 is 2.06 bits per heavy atom. The normalized spacial score (nSPS) is 11.5. The fraction of sp³-hybridized carbons (Fsp3) is 0.455. The van der Waals surface area contributed by atoms with E-state index in [1.807, 2.05) is 13.0 Å². The van der Waals surface area contributed by atoms with E-state index in [0.717, 1.165) is 5.56 Å². The van der Waals surface area contributed by atoms with Gasteiger partial charge in [0.15, 0.2) is 0 Å². The maximum absolute atomic E-state index is 11.7. The van der Waals surface area contributed by atoms with Gasteiger partial charge in [0.25, 0.3) is 0 Å². The second kappa shape index (κ2) is 6.23. The van der Waals surface area contributed by atoms with E-state index in [9.17, 15) is 8.42 Å². The average molecular weight is 277 g/mol. The van der Waals surface area contributed by atoms with Crippen LogP contribution in [0.3, 0.4) is 0 Å². The molecule has 4 nitrogen and oxygen atoms in total. The van der Waals surface area contributed by atoms with Gasteiger partial charge in [0.05, 0.1) is 16.5 Å². The number of aryl methyl sites for hydroxylation is 1. The number of halogens is 1. The first kappa shape index (κ1) is 14.3. The van der Waals surface area contributed by atoms with Crippen molar-refractivity contribution in [2.75, 3.05) is 24.1 Å². The number of anilines is 1. The number of benzene rings is 1. The molecule has 0 unspecified atom stereocenters. The maximum atomic E-state index is 11.7. The van der Waals surface area contributed by atoms with E-state index in [4.69, 9.17) is 11.6 Å². The Morgan fingerprint density at radius 3 is 2.71 bits per heavy atom. The first-order valence-electron chi connectivity index (χ1n) is 5.36. The molecule has 2 N–H and O–H groups in total. The van der Waals surface area contributed by atoms with Crippen molar-refractivity contribution >= 4 is 27.3 Å². The summed E-state index contributed by atoms with van der Waals surface area (Å²) in [5, 5.41) is 3.36. The lowest BCUT2D eigenvalue weighted by atomic mass is 10.2. The van der Waals surface area contributed by atoms with Gasteiger partial charge in [-0.15, -0.1) is 0 Å². The summed E-state index contributed by atoms with van der Waals surface area (Å²) in [5.74, 6) is 0.0815. The van der Waals surface area contributed by atoms with Crippen LogP contribution in [0.4, 0.5) is 5.69 Å². The number of hydrogen-bond donors (Lipinski definition) is 2. The average Bonchev–Trinajstić information content (AvgIpc) is 2.25. The van der Waals surface area contributed by atoms with Gasteiger partial charge in [-0.3, -0.25) is 4.72 Å². The van der Waals surface area contributed by atoms with Crippen LogP contribution in [0, 0.1) is 6.92 Å². The van der Waals surface area contributed by atoms with Crippen molar-refractivity contribution in [1.29, 1.82) is 0 Å². The number of hydrogen-bond acceptors (Lipinski definition) is 3. The summed E-state index contributed by atoms with van der Waals surface area (Å²) in [6, 6.07) is 5.26. The second-order valence-electron chi connectivity index (χ2n) is 3.81. The molecule has 0 fully saturated rings. The first-order valence-corrected chi connectivity index (χ1v) is 7.39. The molecule has 17 heavy (non-hydrogen) atoms. The molecule has 0 atom stereocenters. The number of nitrogens with one attached hydrogen (secondary N) is 2. The fourth-order valence-corrected chi connectivity index (χ4v) is 2.74. The van der Waals surface area contributed by atoms with Gasteiger partial charge in [0.1, 0.15) is 0 Å². The molecule has 96 valence electrons. The molecule has 0 heterocycles. The summed E-state index contributed by atoms with van der Waals surface area (Å²) in [6.45, 7) is 2.50. The Hall–Kier alpha value is -0.780. The van der Waals surface area contributed by atoms with E-state index in [0.29, 0.717) is 23.7 Å².